The third kappa shape index (κ3) is 7.98. The number of ketones is 1. The van der Waals surface area contributed by atoms with Gasteiger partial charge in [-0.3, -0.25) is 9.59 Å². The number of hydrogen-bond acceptors (Lipinski definition) is 6. The lowest BCUT2D eigenvalue weighted by Crippen LogP contribution is -2.37. The molecule has 0 saturated carbocycles. The minimum Gasteiger partial charge on any atom is -0.493 e. The molecule has 0 spiro atoms. The number of carbonyl (C=O) groups excluding carboxylic acids is 2. The summed E-state index contributed by atoms with van der Waals surface area (Å²) in [6, 6.07) is 34.3. The summed E-state index contributed by atoms with van der Waals surface area (Å²) in [6.45, 7) is 4.30. The van der Waals surface area contributed by atoms with Crippen molar-refractivity contribution < 1.29 is 18.7 Å². The summed E-state index contributed by atoms with van der Waals surface area (Å²) in [5.74, 6) is 2.01. The van der Waals surface area contributed by atoms with Gasteiger partial charge in [-0.1, -0.05) is 72.8 Å². The Labute approximate surface area is 251 Å². The molecule has 1 atom stereocenters. The summed E-state index contributed by atoms with van der Waals surface area (Å²) in [4.78, 5) is 29.6. The summed E-state index contributed by atoms with van der Waals surface area (Å²) in [5, 5.41) is 6.42. The van der Waals surface area contributed by atoms with Crippen molar-refractivity contribution in [2.24, 2.45) is 0 Å². The Morgan fingerprint density at radius 1 is 0.860 bits per heavy atom. The largest absolute Gasteiger partial charge is 0.493 e. The van der Waals surface area contributed by atoms with Crippen molar-refractivity contribution in [2.45, 2.75) is 32.7 Å². The minimum absolute atomic E-state index is 0.0550. The number of anilines is 1. The van der Waals surface area contributed by atoms with E-state index in [4.69, 9.17) is 9.15 Å². The molecule has 1 amide bonds. The molecule has 4 aromatic carbocycles. The van der Waals surface area contributed by atoms with Crippen LogP contribution < -0.4 is 15.4 Å². The van der Waals surface area contributed by atoms with Crippen LogP contribution in [0.4, 0.5) is 5.69 Å². The summed E-state index contributed by atoms with van der Waals surface area (Å²) in [6.07, 6.45) is 1.27. The van der Waals surface area contributed by atoms with E-state index in [9.17, 15) is 9.59 Å². The predicted molar refractivity (Wildman–Crippen MR) is 168 cm³/mol. The molecule has 0 fully saturated rings. The first-order valence-corrected chi connectivity index (χ1v) is 14.4. The van der Waals surface area contributed by atoms with E-state index >= 15 is 0 Å². The van der Waals surface area contributed by atoms with Gasteiger partial charge in [0.05, 0.1) is 12.3 Å². The number of nitrogens with one attached hydrogen (secondary N) is 2. The van der Waals surface area contributed by atoms with Gasteiger partial charge >= 0.3 is 0 Å². The molecule has 5 rings (SSSR count). The quantitative estimate of drug-likeness (QED) is 0.153. The van der Waals surface area contributed by atoms with Crippen molar-refractivity contribution >= 4 is 17.4 Å². The van der Waals surface area contributed by atoms with Gasteiger partial charge in [0.25, 0.3) is 0 Å². The standard InChI is InChI=1S/C36H35N3O4/c1-25-33(39-36(43-25)29-13-7-4-8-14-29)21-22-42-31-19-17-27(18-20-31)23-30(24-37-26(2)40)38-34-16-10-9-15-32(34)35(41)28-11-5-3-6-12-28/h3-20,30,38H,21-24H2,1-2H3,(H,37,40)/t30-/m0/s1. The Morgan fingerprint density at radius 3 is 2.26 bits per heavy atom. The summed E-state index contributed by atoms with van der Waals surface area (Å²) >= 11 is 0. The fraction of sp³-hybridized carbons (Fsp3) is 0.194. The fourth-order valence-corrected chi connectivity index (χ4v) is 4.85. The van der Waals surface area contributed by atoms with E-state index in [-0.39, 0.29) is 17.7 Å². The third-order valence-electron chi connectivity index (χ3n) is 7.09. The van der Waals surface area contributed by atoms with E-state index in [0.29, 0.717) is 43.0 Å². The number of hydrogen-bond donors (Lipinski definition) is 2. The predicted octanol–water partition coefficient (Wildman–Crippen LogP) is 6.66. The maximum atomic E-state index is 13.2. The third-order valence-corrected chi connectivity index (χ3v) is 7.09. The van der Waals surface area contributed by atoms with Gasteiger partial charge in [-0.05, 0) is 55.3 Å². The molecule has 5 aromatic rings. The summed E-state index contributed by atoms with van der Waals surface area (Å²) < 4.78 is 11.9. The maximum Gasteiger partial charge on any atom is 0.226 e. The van der Waals surface area contributed by atoms with Crippen LogP contribution in [0.15, 0.2) is 114 Å². The number of carbonyl (C=O) groups is 2. The lowest BCUT2D eigenvalue weighted by atomic mass is 10.00. The molecule has 0 aliphatic heterocycles. The molecule has 43 heavy (non-hydrogen) atoms. The number of rotatable bonds is 13. The topological polar surface area (TPSA) is 93.5 Å². The van der Waals surface area contributed by atoms with Crippen LogP contribution in [0.5, 0.6) is 5.75 Å². The van der Waals surface area contributed by atoms with Crippen LogP contribution in [0.3, 0.4) is 0 Å². The number of nitrogens with zero attached hydrogens (tertiary/aromatic N) is 1. The normalized spacial score (nSPS) is 11.5. The van der Waals surface area contributed by atoms with Crippen molar-refractivity contribution in [3.05, 3.63) is 137 Å². The Bertz CT molecular complexity index is 1650. The van der Waals surface area contributed by atoms with Crippen molar-refractivity contribution in [3.63, 3.8) is 0 Å². The van der Waals surface area contributed by atoms with Gasteiger partial charge in [0, 0.05) is 48.3 Å². The average Bonchev–Trinajstić information content (AvgIpc) is 3.41. The van der Waals surface area contributed by atoms with Crippen LogP contribution in [-0.2, 0) is 17.6 Å². The number of ether oxygens (including phenoxy) is 1. The Kier molecular flexibility index (Phi) is 9.64. The van der Waals surface area contributed by atoms with Crippen molar-refractivity contribution in [1.82, 2.24) is 10.3 Å². The van der Waals surface area contributed by atoms with Crippen LogP contribution in [-0.4, -0.2) is 35.9 Å². The number of aromatic nitrogens is 1. The van der Waals surface area contributed by atoms with Gasteiger partial charge in [-0.2, -0.15) is 0 Å². The number of para-hydroxylation sites is 1. The lowest BCUT2D eigenvalue weighted by molar-refractivity contribution is -0.119. The van der Waals surface area contributed by atoms with Crippen LogP contribution in [0.25, 0.3) is 11.5 Å². The van der Waals surface area contributed by atoms with Gasteiger partial charge in [-0.15, -0.1) is 0 Å². The highest BCUT2D eigenvalue weighted by Crippen LogP contribution is 2.23. The van der Waals surface area contributed by atoms with E-state index in [1.807, 2.05) is 116 Å². The van der Waals surface area contributed by atoms with Gasteiger partial charge < -0.3 is 19.8 Å². The number of amides is 1. The molecule has 218 valence electrons. The summed E-state index contributed by atoms with van der Waals surface area (Å²) in [5.41, 5.74) is 4.84. The SMILES string of the molecule is CC(=O)NC[C@H](Cc1ccc(OCCc2nc(-c3ccccc3)oc2C)cc1)Nc1ccccc1C(=O)c1ccccc1. The highest BCUT2D eigenvalue weighted by molar-refractivity contribution is 6.12. The molecule has 0 bridgehead atoms. The minimum atomic E-state index is -0.144. The van der Waals surface area contributed by atoms with Gasteiger partial charge in [-0.25, -0.2) is 4.98 Å². The smallest absolute Gasteiger partial charge is 0.226 e. The molecular formula is C36H35N3O4. The molecule has 0 aliphatic carbocycles. The zero-order valence-electron chi connectivity index (χ0n) is 24.4. The molecule has 1 heterocycles. The Hall–Kier alpha value is -5.17. The van der Waals surface area contributed by atoms with Crippen LogP contribution in [0.1, 0.15) is 39.9 Å². The van der Waals surface area contributed by atoms with Gasteiger partial charge in [0.15, 0.2) is 5.78 Å². The molecule has 0 aliphatic rings. The van der Waals surface area contributed by atoms with E-state index < -0.39 is 0 Å². The zero-order valence-corrected chi connectivity index (χ0v) is 24.4. The number of oxazole rings is 1. The summed E-state index contributed by atoms with van der Waals surface area (Å²) in [7, 11) is 0. The van der Waals surface area contributed by atoms with E-state index in [2.05, 4.69) is 15.6 Å². The van der Waals surface area contributed by atoms with Crippen LogP contribution in [0, 0.1) is 6.92 Å². The Balaban J connectivity index is 1.21. The second-order valence-electron chi connectivity index (χ2n) is 10.4. The number of benzene rings is 4. The molecule has 1 aromatic heterocycles. The molecule has 7 nitrogen and oxygen atoms in total. The second kappa shape index (κ2) is 14.1. The van der Waals surface area contributed by atoms with Gasteiger partial charge in [0.2, 0.25) is 11.8 Å². The van der Waals surface area contributed by atoms with Crippen LogP contribution >= 0.6 is 0 Å². The average molecular weight is 574 g/mol. The van der Waals surface area contributed by atoms with E-state index in [1.165, 1.54) is 6.92 Å². The van der Waals surface area contributed by atoms with Crippen molar-refractivity contribution in [3.8, 4) is 17.2 Å². The number of aryl methyl sites for hydroxylation is 1. The first-order valence-electron chi connectivity index (χ1n) is 14.4. The van der Waals surface area contributed by atoms with Crippen molar-refractivity contribution in [2.75, 3.05) is 18.5 Å². The van der Waals surface area contributed by atoms with Crippen molar-refractivity contribution in [1.29, 1.82) is 0 Å². The second-order valence-corrected chi connectivity index (χ2v) is 10.4. The first kappa shape index (κ1) is 29.3. The highest BCUT2D eigenvalue weighted by Gasteiger charge is 2.17. The van der Waals surface area contributed by atoms with E-state index in [1.54, 1.807) is 0 Å². The monoisotopic (exact) mass is 573 g/mol. The fourth-order valence-electron chi connectivity index (χ4n) is 4.85. The lowest BCUT2D eigenvalue weighted by Gasteiger charge is -2.22. The molecule has 0 saturated heterocycles. The zero-order chi connectivity index (χ0) is 30.0. The molecule has 0 unspecified atom stereocenters. The van der Waals surface area contributed by atoms with Crippen LogP contribution in [0.2, 0.25) is 0 Å². The maximum absolute atomic E-state index is 13.2. The first-order chi connectivity index (χ1) is 21.0. The molecule has 2 N–H and O–H groups in total. The molecular weight excluding hydrogens is 538 g/mol. The Morgan fingerprint density at radius 2 is 1.53 bits per heavy atom. The van der Waals surface area contributed by atoms with E-state index in [0.717, 1.165) is 34.0 Å². The van der Waals surface area contributed by atoms with Gasteiger partial charge in [0.1, 0.15) is 11.5 Å². The molecule has 0 radical (unpaired) electrons. The highest BCUT2D eigenvalue weighted by atomic mass is 16.5. The molecule has 7 heteroatoms.